The van der Waals surface area contributed by atoms with Crippen LogP contribution in [-0.4, -0.2) is 16.7 Å². The van der Waals surface area contributed by atoms with Crippen LogP contribution in [0.3, 0.4) is 0 Å². The minimum absolute atomic E-state index is 0.0546. The van der Waals surface area contributed by atoms with Crippen LogP contribution in [0.2, 0.25) is 0 Å². The van der Waals surface area contributed by atoms with Gasteiger partial charge in [-0.3, -0.25) is 4.79 Å². The Morgan fingerprint density at radius 3 is 2.57 bits per heavy atom. The maximum Gasteiger partial charge on any atom is 0.316 e. The van der Waals surface area contributed by atoms with Crippen LogP contribution in [0.5, 0.6) is 5.75 Å². The first-order valence-electron chi connectivity index (χ1n) is 9.43. The molecule has 1 aliphatic rings. The summed E-state index contributed by atoms with van der Waals surface area (Å²) < 4.78 is 39.8. The second-order valence-electron chi connectivity index (χ2n) is 7.33. The van der Waals surface area contributed by atoms with E-state index in [0.717, 1.165) is 28.4 Å². The highest BCUT2D eigenvalue weighted by atomic mass is 19.2. The summed E-state index contributed by atoms with van der Waals surface area (Å²) in [5.74, 6) is -1.47. The van der Waals surface area contributed by atoms with Crippen LogP contribution >= 0.6 is 0 Å². The normalized spacial score (nSPS) is 12.7. The molecule has 1 aromatic heterocycles. The molecule has 0 saturated carbocycles. The van der Waals surface area contributed by atoms with E-state index in [4.69, 9.17) is 9.47 Å². The van der Waals surface area contributed by atoms with Crippen molar-refractivity contribution >= 4 is 11.6 Å². The molecule has 1 aliphatic heterocycles. The van der Waals surface area contributed by atoms with Gasteiger partial charge in [-0.2, -0.15) is 4.98 Å². The molecule has 0 saturated heterocycles. The largest absolute Gasteiger partial charge is 0.490 e. The predicted octanol–water partition coefficient (Wildman–Crippen LogP) is 3.97. The molecule has 2 aromatic carbocycles. The number of hydrogen-bond acceptors (Lipinski definition) is 5. The summed E-state index contributed by atoms with van der Waals surface area (Å²) in [4.78, 5) is 16.4. The van der Waals surface area contributed by atoms with Gasteiger partial charge in [0.2, 0.25) is 11.7 Å². The van der Waals surface area contributed by atoms with Gasteiger partial charge in [-0.25, -0.2) is 8.78 Å². The lowest BCUT2D eigenvalue weighted by Gasteiger charge is -2.17. The van der Waals surface area contributed by atoms with Crippen LogP contribution in [0.1, 0.15) is 27.8 Å². The SMILES string of the molecule is COc1cn(Cc2cc(C)c(F)c(F)c2)c(Nc2cc3c(cc2C)COC3)nc1=O. The fourth-order valence-corrected chi connectivity index (χ4v) is 3.53. The first-order valence-corrected chi connectivity index (χ1v) is 9.43. The van der Waals surface area contributed by atoms with Crippen molar-refractivity contribution in [1.29, 1.82) is 0 Å². The number of hydrogen-bond donors (Lipinski definition) is 1. The molecule has 0 unspecified atom stereocenters. The fourth-order valence-electron chi connectivity index (χ4n) is 3.53. The number of aryl methyl sites for hydroxylation is 2. The monoisotopic (exact) mass is 413 g/mol. The lowest BCUT2D eigenvalue weighted by atomic mass is 10.1. The maximum atomic E-state index is 13.9. The molecule has 0 spiro atoms. The maximum absolute atomic E-state index is 13.9. The Balaban J connectivity index is 1.75. The van der Waals surface area contributed by atoms with Crippen molar-refractivity contribution in [2.24, 2.45) is 0 Å². The molecule has 8 heteroatoms. The Hall–Kier alpha value is -3.26. The molecular weight excluding hydrogens is 392 g/mol. The van der Waals surface area contributed by atoms with Crippen molar-refractivity contribution in [3.8, 4) is 5.75 Å². The van der Waals surface area contributed by atoms with Gasteiger partial charge in [0.15, 0.2) is 11.6 Å². The average molecular weight is 413 g/mol. The number of rotatable bonds is 5. The van der Waals surface area contributed by atoms with Crippen LogP contribution < -0.4 is 15.6 Å². The van der Waals surface area contributed by atoms with Gasteiger partial charge in [-0.05, 0) is 53.8 Å². The zero-order valence-corrected chi connectivity index (χ0v) is 16.9. The Bertz CT molecular complexity index is 1170. The number of benzene rings is 2. The molecule has 6 nitrogen and oxygen atoms in total. The summed E-state index contributed by atoms with van der Waals surface area (Å²) in [6.07, 6.45) is 1.50. The van der Waals surface area contributed by atoms with Crippen LogP contribution in [-0.2, 0) is 24.5 Å². The van der Waals surface area contributed by atoms with E-state index in [-0.39, 0.29) is 23.8 Å². The van der Waals surface area contributed by atoms with Crippen molar-refractivity contribution in [2.75, 3.05) is 12.4 Å². The summed E-state index contributed by atoms with van der Waals surface area (Å²) in [5.41, 5.74) is 4.17. The molecule has 156 valence electrons. The van der Waals surface area contributed by atoms with E-state index in [1.165, 1.54) is 20.2 Å². The molecule has 2 heterocycles. The van der Waals surface area contributed by atoms with Crippen molar-refractivity contribution in [3.63, 3.8) is 0 Å². The Kier molecular flexibility index (Phi) is 5.26. The number of fused-ring (bicyclic) bond motifs is 1. The summed E-state index contributed by atoms with van der Waals surface area (Å²) in [6, 6.07) is 6.70. The van der Waals surface area contributed by atoms with Gasteiger partial charge in [0.1, 0.15) is 0 Å². The number of anilines is 2. The van der Waals surface area contributed by atoms with Gasteiger partial charge < -0.3 is 19.4 Å². The summed E-state index contributed by atoms with van der Waals surface area (Å²) in [6.45, 7) is 4.72. The zero-order chi connectivity index (χ0) is 21.4. The molecule has 0 atom stereocenters. The smallest absolute Gasteiger partial charge is 0.316 e. The summed E-state index contributed by atoms with van der Waals surface area (Å²) >= 11 is 0. The molecule has 0 aliphatic carbocycles. The third-order valence-electron chi connectivity index (χ3n) is 5.11. The Labute approximate surface area is 172 Å². The number of nitrogens with zero attached hydrogens (tertiary/aromatic N) is 2. The van der Waals surface area contributed by atoms with Gasteiger partial charge in [-0.1, -0.05) is 12.1 Å². The van der Waals surface area contributed by atoms with E-state index >= 15 is 0 Å². The standard InChI is InChI=1S/C22H21F2N3O3/c1-12-5-15-10-30-11-16(15)7-18(12)25-22-26-21(28)19(29-3)9-27(22)8-14-4-13(2)20(24)17(23)6-14/h4-7,9H,8,10-11H2,1-3H3,(H,25,26,28). The number of aromatic nitrogens is 2. The highest BCUT2D eigenvalue weighted by molar-refractivity contribution is 5.61. The molecule has 4 rings (SSSR count). The van der Waals surface area contributed by atoms with Crippen LogP contribution in [0, 0.1) is 25.5 Å². The fraction of sp³-hybridized carbons (Fsp3) is 0.273. The number of nitrogens with one attached hydrogen (secondary N) is 1. The third kappa shape index (κ3) is 3.78. The highest BCUT2D eigenvalue weighted by Crippen LogP contribution is 2.29. The molecule has 1 N–H and O–H groups in total. The highest BCUT2D eigenvalue weighted by Gasteiger charge is 2.16. The quantitative estimate of drug-likeness (QED) is 0.686. The summed E-state index contributed by atoms with van der Waals surface area (Å²) in [7, 11) is 1.38. The van der Waals surface area contributed by atoms with E-state index < -0.39 is 17.2 Å². The van der Waals surface area contributed by atoms with Crippen LogP contribution in [0.4, 0.5) is 20.4 Å². The number of methoxy groups -OCH3 is 1. The van der Waals surface area contributed by atoms with Crippen LogP contribution in [0.15, 0.2) is 35.3 Å². The molecule has 0 amide bonds. The van der Waals surface area contributed by atoms with Gasteiger partial charge in [0.25, 0.3) is 0 Å². The molecule has 3 aromatic rings. The van der Waals surface area contributed by atoms with E-state index in [9.17, 15) is 13.6 Å². The first kappa shape index (κ1) is 20.0. The topological polar surface area (TPSA) is 65.4 Å². The molecule has 0 radical (unpaired) electrons. The molecular formula is C22H21F2N3O3. The van der Waals surface area contributed by atoms with Crippen LogP contribution in [0.25, 0.3) is 0 Å². The third-order valence-corrected chi connectivity index (χ3v) is 5.11. The lowest BCUT2D eigenvalue weighted by Crippen LogP contribution is -2.19. The van der Waals surface area contributed by atoms with Crippen molar-refractivity contribution in [2.45, 2.75) is 33.6 Å². The molecule has 30 heavy (non-hydrogen) atoms. The van der Waals surface area contributed by atoms with E-state index in [0.29, 0.717) is 18.8 Å². The summed E-state index contributed by atoms with van der Waals surface area (Å²) in [5, 5.41) is 3.20. The number of halogens is 2. The van der Waals surface area contributed by atoms with E-state index in [2.05, 4.69) is 10.3 Å². The van der Waals surface area contributed by atoms with E-state index in [1.807, 2.05) is 19.1 Å². The second kappa shape index (κ2) is 7.87. The van der Waals surface area contributed by atoms with Gasteiger partial charge in [0, 0.05) is 5.69 Å². The average Bonchev–Trinajstić information content (AvgIpc) is 3.15. The minimum atomic E-state index is -0.921. The minimum Gasteiger partial charge on any atom is -0.490 e. The lowest BCUT2D eigenvalue weighted by molar-refractivity contribution is 0.134. The van der Waals surface area contributed by atoms with Gasteiger partial charge >= 0.3 is 5.56 Å². The van der Waals surface area contributed by atoms with Crippen molar-refractivity contribution in [1.82, 2.24) is 9.55 Å². The number of ether oxygens (including phenoxy) is 2. The first-order chi connectivity index (χ1) is 14.4. The second-order valence-corrected chi connectivity index (χ2v) is 7.33. The Morgan fingerprint density at radius 2 is 1.87 bits per heavy atom. The van der Waals surface area contributed by atoms with Crippen molar-refractivity contribution < 1.29 is 18.3 Å². The van der Waals surface area contributed by atoms with Crippen molar-refractivity contribution in [3.05, 3.63) is 80.3 Å². The van der Waals surface area contributed by atoms with Gasteiger partial charge in [0.05, 0.1) is 33.1 Å². The van der Waals surface area contributed by atoms with E-state index in [1.54, 1.807) is 10.6 Å². The predicted molar refractivity (Wildman–Crippen MR) is 108 cm³/mol. The Morgan fingerprint density at radius 1 is 1.13 bits per heavy atom. The molecule has 0 fully saturated rings. The zero-order valence-electron chi connectivity index (χ0n) is 16.9. The molecule has 0 bridgehead atoms. The van der Waals surface area contributed by atoms with Gasteiger partial charge in [-0.15, -0.1) is 0 Å².